The third-order valence-corrected chi connectivity index (χ3v) is 16.7. The Morgan fingerprint density at radius 2 is 0.638 bits per heavy atom. The normalized spacial score (nSPS) is 10.9. The van der Waals surface area contributed by atoms with Crippen molar-refractivity contribution in [1.29, 1.82) is 10.5 Å². The summed E-state index contributed by atoms with van der Waals surface area (Å²) in [5, 5.41) is 55.4. The number of benzene rings is 14. The first-order chi connectivity index (χ1) is 45.1. The first-order valence-corrected chi connectivity index (χ1v) is 43.4. The molecule has 0 heterocycles. The Balaban J connectivity index is 0.000000151. The van der Waals surface area contributed by atoms with Crippen LogP contribution in [-0.2, 0) is 9.60 Å². The molecule has 457 valence electrons. The van der Waals surface area contributed by atoms with Crippen molar-refractivity contribution in [2.75, 3.05) is 5.34 Å². The molecule has 14 aromatic rings. The predicted octanol–water partition coefficient (Wildman–Crippen LogP) is 25.3. The number of alkyl halides is 2. The van der Waals surface area contributed by atoms with Crippen LogP contribution in [0.15, 0.2) is 246 Å². The number of nitriles is 2. The van der Waals surface area contributed by atoms with Gasteiger partial charge in [-0.05, 0) is 175 Å². The standard InChI is InChI=1S/C28H14N2.C28H16N2.C10H9BO2.C8H2Br2N2.CH2Cl2.5ClH.Mo/c1-30-28-15-27-25-13-20-9-5-4-7-18(20)11-23(25)22-10-17-6-2-3-8-19(17)12-24(22)26(27)14-21(28)16-29;1-30-28-17-27(24-13-11-20-7-3-5-9-22(20)15-24)26(16-25(28)18-29)23-12-10-19-6-2-4-8-21(19)14-23;12-11(13)10-6-5-8-3-1-2-4-9(8)7-10;1-11-7-3-5(9)6(10)4-8(7)12-2;2-1-3;;;;;;/h2-15H;2-17H;1-7,12-13H;3-4H;1H2;5*1H;/q;;;;;;;;;;+5/p-5. The maximum atomic E-state index is 9.61. The molecule has 0 aliphatic rings. The van der Waals surface area contributed by atoms with Crippen molar-refractivity contribution < 1.29 is 19.7 Å². The van der Waals surface area contributed by atoms with E-state index in [1.54, 1.807) is 24.3 Å². The van der Waals surface area contributed by atoms with Crippen LogP contribution < -0.4 is 5.46 Å². The molecule has 0 unspecified atom stereocenters. The van der Waals surface area contributed by atoms with Gasteiger partial charge in [-0.2, -0.15) is 10.5 Å². The second kappa shape index (κ2) is 31.3. The molecule has 0 aromatic heterocycles. The molecule has 0 fully saturated rings. The van der Waals surface area contributed by atoms with E-state index >= 15 is 0 Å². The quantitative estimate of drug-likeness (QED) is 0.0604. The van der Waals surface area contributed by atoms with Crippen molar-refractivity contribution >= 4 is 224 Å². The number of nitrogens with zero attached hydrogens (tertiary/aromatic N) is 6. The van der Waals surface area contributed by atoms with E-state index in [2.05, 4.69) is 185 Å². The van der Waals surface area contributed by atoms with Crippen molar-refractivity contribution in [2.24, 2.45) is 0 Å². The van der Waals surface area contributed by atoms with Gasteiger partial charge in [-0.25, -0.2) is 9.69 Å². The zero-order valence-corrected chi connectivity index (χ0v) is 59.2. The van der Waals surface area contributed by atoms with Gasteiger partial charge in [-0.15, -0.1) is 23.2 Å². The summed E-state index contributed by atoms with van der Waals surface area (Å²) in [6.07, 6.45) is 0. The molecule has 0 saturated heterocycles. The molecule has 94 heavy (non-hydrogen) atoms. The minimum absolute atomic E-state index is 0.194. The van der Waals surface area contributed by atoms with Crippen molar-refractivity contribution in [3.05, 3.63) is 302 Å². The summed E-state index contributed by atoms with van der Waals surface area (Å²) < 4.78 is 1.59. The van der Waals surface area contributed by atoms with Gasteiger partial charge in [-0.3, -0.25) is 9.69 Å². The van der Waals surface area contributed by atoms with E-state index in [1.165, 1.54) is 43.1 Å². The van der Waals surface area contributed by atoms with Crippen LogP contribution in [0.25, 0.3) is 128 Å². The fourth-order valence-electron chi connectivity index (χ4n) is 10.6. The Morgan fingerprint density at radius 1 is 0.362 bits per heavy atom. The Labute approximate surface area is 590 Å². The summed E-state index contributed by atoms with van der Waals surface area (Å²) in [6.45, 7) is 28.7. The van der Waals surface area contributed by atoms with E-state index in [-0.39, 0.29) is 5.34 Å². The monoisotopic (exact) mass is 1570 g/mol. The number of hydrogen-bond acceptors (Lipinski definition) is 4. The van der Waals surface area contributed by atoms with E-state index < -0.39 is 16.7 Å². The average Bonchev–Trinajstić information content (AvgIpc) is 0.726. The van der Waals surface area contributed by atoms with Gasteiger partial charge in [0.05, 0.1) is 54.9 Å². The Kier molecular flexibility index (Phi) is 23.4. The maximum absolute atomic E-state index is 9.61. The third kappa shape index (κ3) is 17.4. The second-order valence-electron chi connectivity index (χ2n) is 20.5. The van der Waals surface area contributed by atoms with Crippen LogP contribution in [0.4, 0.5) is 22.7 Å². The van der Waals surface area contributed by atoms with Gasteiger partial charge < -0.3 is 10.0 Å². The Bertz CT molecular complexity index is 5250. The Hall–Kier alpha value is -8.24. The fourth-order valence-corrected chi connectivity index (χ4v) is 11.3. The van der Waals surface area contributed by atoms with Crippen molar-refractivity contribution in [2.45, 2.75) is 0 Å². The zero-order chi connectivity index (χ0) is 67.3. The number of hydrogen-bond donors (Lipinski definition) is 2. The third-order valence-electron chi connectivity index (χ3n) is 14.8. The van der Waals surface area contributed by atoms with E-state index in [0.29, 0.717) is 39.3 Å². The second-order valence-corrected chi connectivity index (χ2v) is 53.5. The van der Waals surface area contributed by atoms with Crippen molar-refractivity contribution in [3.63, 3.8) is 0 Å². The molecule has 14 rings (SSSR count). The van der Waals surface area contributed by atoms with E-state index in [9.17, 15) is 10.5 Å². The fraction of sp³-hybridized carbons (Fsp3) is 0.0133. The SMILES string of the molecule is ClCCl.OB(O)c1ccc2ccccc2c1.[C-]#[N+]c1cc(-c2ccc3ccccc3c2)c(-c2ccc3ccccc3c2)cc1C#N.[C-]#[N+]c1cc(Br)c(Br)cc1[N+]#[C-].[C-]#[N+]c1cc2c(cc1C#N)c1cc3ccccc3cc1c1cc3ccccc3cc21.[Cl][Mo]([Cl])([Cl])([Cl])[Cl]. The van der Waals surface area contributed by atoms with Crippen LogP contribution in [0.1, 0.15) is 11.1 Å². The molecule has 0 radical (unpaired) electrons. The summed E-state index contributed by atoms with van der Waals surface area (Å²) in [5.41, 5.74) is 6.87. The number of fused-ring (bicyclic) bond motifs is 11. The molecule has 19 heteroatoms. The first kappa shape index (κ1) is 70.1. The topological polar surface area (TPSA) is 105 Å². The van der Waals surface area contributed by atoms with Gasteiger partial charge in [0.1, 0.15) is 0 Å². The van der Waals surface area contributed by atoms with Crippen molar-refractivity contribution in [3.8, 4) is 34.4 Å². The number of halogens is 9. The van der Waals surface area contributed by atoms with E-state index in [0.717, 1.165) is 74.3 Å². The summed E-state index contributed by atoms with van der Waals surface area (Å²) in [6, 6.07) is 83.1. The summed E-state index contributed by atoms with van der Waals surface area (Å²) in [4.78, 5) is 13.7. The van der Waals surface area contributed by atoms with Crippen LogP contribution >= 0.6 is 102 Å². The molecule has 0 atom stereocenters. The van der Waals surface area contributed by atoms with Gasteiger partial charge >= 0.3 is 63.8 Å². The molecule has 0 bridgehead atoms. The van der Waals surface area contributed by atoms with Gasteiger partial charge in [0.15, 0.2) is 11.4 Å². The predicted molar refractivity (Wildman–Crippen MR) is 402 cm³/mol. The average molecular weight is 1570 g/mol. The zero-order valence-electron chi connectivity index (χ0n) is 48.7. The summed E-state index contributed by atoms with van der Waals surface area (Å²) in [7, 11) is 19.6. The van der Waals surface area contributed by atoms with E-state index in [4.69, 9.17) is 107 Å². The number of rotatable bonds is 3. The molecule has 0 amide bonds. The molecule has 0 aliphatic carbocycles. The van der Waals surface area contributed by atoms with Gasteiger partial charge in [0.25, 0.3) is 0 Å². The van der Waals surface area contributed by atoms with Crippen molar-refractivity contribution in [1.82, 2.24) is 0 Å². The van der Waals surface area contributed by atoms with Crippen LogP contribution in [0, 0.1) is 49.0 Å². The molecular formula is C75H43BBr2Cl7MoN6O2. The molecule has 2 N–H and O–H groups in total. The van der Waals surface area contributed by atoms with Crippen LogP contribution in [0.3, 0.4) is 0 Å². The molecule has 0 saturated carbocycles. The molecule has 8 nitrogen and oxygen atoms in total. The van der Waals surface area contributed by atoms with Gasteiger partial charge in [0.2, 0.25) is 11.4 Å². The van der Waals surface area contributed by atoms with E-state index in [1.807, 2.05) is 91.0 Å². The summed E-state index contributed by atoms with van der Waals surface area (Å²) in [5.74, 6) is 0. The Morgan fingerprint density at radius 3 is 0.979 bits per heavy atom. The van der Waals surface area contributed by atoms with Crippen LogP contribution in [-0.4, -0.2) is 22.5 Å². The summed E-state index contributed by atoms with van der Waals surface area (Å²) >= 11 is 16.0. The van der Waals surface area contributed by atoms with Crippen LogP contribution in [0.5, 0.6) is 0 Å². The molecule has 0 aliphatic heterocycles. The first-order valence-electron chi connectivity index (χ1n) is 27.8. The molecule has 0 spiro atoms. The van der Waals surface area contributed by atoms with Crippen LogP contribution in [0.2, 0.25) is 0 Å². The van der Waals surface area contributed by atoms with Gasteiger partial charge in [-0.1, -0.05) is 208 Å². The molecular weight excluding hydrogens is 1530 g/mol. The molecule has 14 aromatic carbocycles. The van der Waals surface area contributed by atoms with Gasteiger partial charge in [0, 0.05) is 8.95 Å². The minimum atomic E-state index is -4.26.